The molecule has 2 aliphatic rings. The maximum absolute atomic E-state index is 9.67. The Morgan fingerprint density at radius 1 is 0.955 bits per heavy atom. The lowest BCUT2D eigenvalue weighted by atomic mass is 10.2. The number of aromatic nitrogens is 2. The SMILES string of the molecule is Oc1cc2cc3c(Nc4cccc(Br)c4)[nH][nH]c-3c2cc1O. The number of H-pyrrole nitrogens is 2. The van der Waals surface area contributed by atoms with Crippen molar-refractivity contribution in [3.05, 3.63) is 46.9 Å². The molecule has 2 aromatic carbocycles. The summed E-state index contributed by atoms with van der Waals surface area (Å²) in [7, 11) is 0. The summed E-state index contributed by atoms with van der Waals surface area (Å²) in [6.07, 6.45) is 0. The second-order valence-electron chi connectivity index (χ2n) is 5.12. The lowest BCUT2D eigenvalue weighted by molar-refractivity contribution is 0.405. The highest BCUT2D eigenvalue weighted by Gasteiger charge is 2.18. The number of anilines is 2. The third-order valence-electron chi connectivity index (χ3n) is 3.66. The van der Waals surface area contributed by atoms with Gasteiger partial charge >= 0.3 is 0 Å². The molecule has 22 heavy (non-hydrogen) atoms. The Bertz CT molecular complexity index is 957. The van der Waals surface area contributed by atoms with Crippen LogP contribution in [0.3, 0.4) is 0 Å². The average molecular weight is 358 g/mol. The monoisotopic (exact) mass is 357 g/mol. The van der Waals surface area contributed by atoms with Gasteiger partial charge in [0.05, 0.1) is 5.69 Å². The Labute approximate surface area is 134 Å². The molecule has 1 aliphatic heterocycles. The van der Waals surface area contributed by atoms with Gasteiger partial charge in [-0.1, -0.05) is 22.0 Å². The average Bonchev–Trinajstić information content (AvgIpc) is 3.01. The summed E-state index contributed by atoms with van der Waals surface area (Å²) < 4.78 is 0.992. The molecule has 0 atom stereocenters. The van der Waals surface area contributed by atoms with Crippen molar-refractivity contribution in [2.75, 3.05) is 5.32 Å². The number of phenols is 2. The molecule has 0 spiro atoms. The zero-order valence-corrected chi connectivity index (χ0v) is 12.9. The summed E-state index contributed by atoms with van der Waals surface area (Å²) in [6, 6.07) is 12.9. The van der Waals surface area contributed by atoms with Crippen LogP contribution >= 0.6 is 15.9 Å². The number of nitrogens with one attached hydrogen (secondary N) is 3. The van der Waals surface area contributed by atoms with E-state index in [0.717, 1.165) is 38.0 Å². The van der Waals surface area contributed by atoms with Crippen molar-refractivity contribution in [2.45, 2.75) is 0 Å². The van der Waals surface area contributed by atoms with Gasteiger partial charge in [-0.3, -0.25) is 10.2 Å². The van der Waals surface area contributed by atoms with Crippen LogP contribution in [0.25, 0.3) is 22.0 Å². The number of halogens is 1. The maximum Gasteiger partial charge on any atom is 0.158 e. The fourth-order valence-electron chi connectivity index (χ4n) is 2.63. The van der Waals surface area contributed by atoms with Gasteiger partial charge in [0.25, 0.3) is 0 Å². The van der Waals surface area contributed by atoms with Crippen LogP contribution in [0.1, 0.15) is 0 Å². The summed E-state index contributed by atoms with van der Waals surface area (Å²) in [5.74, 6) is 0.574. The van der Waals surface area contributed by atoms with Gasteiger partial charge in [0, 0.05) is 21.1 Å². The van der Waals surface area contributed by atoms with Crippen LogP contribution in [0.2, 0.25) is 0 Å². The number of hydrogen-bond acceptors (Lipinski definition) is 3. The van der Waals surface area contributed by atoms with Gasteiger partial charge in [-0.2, -0.15) is 0 Å². The van der Waals surface area contributed by atoms with Gasteiger partial charge in [-0.15, -0.1) is 0 Å². The van der Waals surface area contributed by atoms with E-state index in [4.69, 9.17) is 0 Å². The fourth-order valence-corrected chi connectivity index (χ4v) is 3.03. The zero-order valence-electron chi connectivity index (χ0n) is 11.3. The fraction of sp³-hybridized carbons (Fsp3) is 0. The number of aromatic amines is 2. The number of hydrogen-bond donors (Lipinski definition) is 5. The number of rotatable bonds is 2. The Morgan fingerprint density at radius 3 is 2.59 bits per heavy atom. The highest BCUT2D eigenvalue weighted by molar-refractivity contribution is 9.10. The minimum atomic E-state index is -0.129. The van der Waals surface area contributed by atoms with E-state index in [0.29, 0.717) is 0 Å². The first-order valence-electron chi connectivity index (χ1n) is 6.69. The van der Waals surface area contributed by atoms with E-state index < -0.39 is 0 Å². The van der Waals surface area contributed by atoms with Crippen molar-refractivity contribution in [1.82, 2.24) is 10.2 Å². The molecule has 4 rings (SSSR count). The van der Waals surface area contributed by atoms with Gasteiger partial charge in [0.2, 0.25) is 0 Å². The van der Waals surface area contributed by atoms with Gasteiger partial charge in [0.15, 0.2) is 11.5 Å². The van der Waals surface area contributed by atoms with Crippen LogP contribution < -0.4 is 5.32 Å². The van der Waals surface area contributed by atoms with Crippen LogP contribution in [0, 0.1) is 0 Å². The minimum Gasteiger partial charge on any atom is -0.504 e. The van der Waals surface area contributed by atoms with Crippen LogP contribution in [0.15, 0.2) is 46.9 Å². The quantitative estimate of drug-likeness (QED) is 0.342. The number of benzene rings is 2. The molecule has 2 aromatic rings. The van der Waals surface area contributed by atoms with Crippen molar-refractivity contribution >= 4 is 38.2 Å². The first-order valence-corrected chi connectivity index (χ1v) is 7.48. The van der Waals surface area contributed by atoms with E-state index in [1.54, 1.807) is 12.1 Å². The first-order chi connectivity index (χ1) is 10.6. The van der Waals surface area contributed by atoms with E-state index in [1.165, 1.54) is 0 Å². The Hall–Kier alpha value is -2.60. The molecule has 1 heterocycles. The van der Waals surface area contributed by atoms with Crippen LogP contribution in [-0.2, 0) is 0 Å². The molecule has 0 amide bonds. The number of fused-ring (bicyclic) bond motifs is 3. The molecule has 6 heteroatoms. The third kappa shape index (κ3) is 2.00. The van der Waals surface area contributed by atoms with Crippen LogP contribution in [0.5, 0.6) is 11.5 Å². The van der Waals surface area contributed by atoms with E-state index >= 15 is 0 Å². The second-order valence-corrected chi connectivity index (χ2v) is 6.04. The van der Waals surface area contributed by atoms with Gasteiger partial charge in [-0.25, -0.2) is 0 Å². The van der Waals surface area contributed by atoms with Gasteiger partial charge in [0.1, 0.15) is 5.82 Å². The summed E-state index contributed by atoms with van der Waals surface area (Å²) in [5, 5.41) is 30.5. The van der Waals surface area contributed by atoms with E-state index in [2.05, 4.69) is 31.4 Å². The molecular formula is C16H12BrN3O2. The van der Waals surface area contributed by atoms with E-state index in [9.17, 15) is 10.2 Å². The minimum absolute atomic E-state index is 0.120. The summed E-state index contributed by atoms with van der Waals surface area (Å²) in [6.45, 7) is 0. The molecule has 0 bridgehead atoms. The molecule has 0 unspecified atom stereocenters. The summed E-state index contributed by atoms with van der Waals surface area (Å²) >= 11 is 3.45. The molecule has 110 valence electrons. The highest BCUT2D eigenvalue weighted by Crippen LogP contribution is 2.42. The lowest BCUT2D eigenvalue weighted by Gasteiger charge is -2.04. The lowest BCUT2D eigenvalue weighted by Crippen LogP contribution is -1.90. The Morgan fingerprint density at radius 2 is 1.77 bits per heavy atom. The molecule has 0 radical (unpaired) electrons. The van der Waals surface area contributed by atoms with E-state index in [-0.39, 0.29) is 11.5 Å². The van der Waals surface area contributed by atoms with Crippen molar-refractivity contribution < 1.29 is 10.2 Å². The molecule has 0 saturated carbocycles. The van der Waals surface area contributed by atoms with Gasteiger partial charge < -0.3 is 15.5 Å². The normalized spacial score (nSPS) is 11.3. The summed E-state index contributed by atoms with van der Waals surface area (Å²) in [4.78, 5) is 0. The first kappa shape index (κ1) is 13.1. The molecule has 1 aliphatic carbocycles. The van der Waals surface area contributed by atoms with Crippen molar-refractivity contribution in [2.24, 2.45) is 0 Å². The number of aromatic hydroxyl groups is 2. The van der Waals surface area contributed by atoms with Crippen LogP contribution in [0.4, 0.5) is 11.5 Å². The highest BCUT2D eigenvalue weighted by atomic mass is 79.9. The standard InChI is InChI=1S/C16H12BrN3O2/c17-9-2-1-3-10(6-9)18-16-12-4-8-5-13(21)14(22)7-11(8)15(12)19-20-16/h1-7,18-22H. The second kappa shape index (κ2) is 4.71. The van der Waals surface area contributed by atoms with Crippen molar-refractivity contribution in [3.63, 3.8) is 0 Å². The maximum atomic E-state index is 9.67. The van der Waals surface area contributed by atoms with E-state index in [1.807, 2.05) is 30.3 Å². The number of phenolic OH excluding ortho intramolecular Hbond substituents is 2. The predicted molar refractivity (Wildman–Crippen MR) is 90.0 cm³/mol. The molecule has 0 aromatic heterocycles. The largest absolute Gasteiger partial charge is 0.504 e. The Kier molecular flexibility index (Phi) is 2.80. The molecule has 5 N–H and O–H groups in total. The topological polar surface area (TPSA) is 84.1 Å². The van der Waals surface area contributed by atoms with Gasteiger partial charge in [-0.05, 0) is 41.8 Å². The van der Waals surface area contributed by atoms with Crippen molar-refractivity contribution in [3.8, 4) is 22.8 Å². The zero-order chi connectivity index (χ0) is 15.3. The Balaban J connectivity index is 1.81. The summed E-state index contributed by atoms with van der Waals surface area (Å²) in [5.41, 5.74) is 2.78. The smallest absolute Gasteiger partial charge is 0.158 e. The predicted octanol–water partition coefficient (Wildman–Crippen LogP) is 4.52. The third-order valence-corrected chi connectivity index (χ3v) is 4.15. The molecule has 0 fully saturated rings. The van der Waals surface area contributed by atoms with Crippen LogP contribution in [-0.4, -0.2) is 20.4 Å². The molecule has 5 nitrogen and oxygen atoms in total. The molecular weight excluding hydrogens is 346 g/mol. The molecule has 0 saturated heterocycles. The van der Waals surface area contributed by atoms with Crippen molar-refractivity contribution in [1.29, 1.82) is 0 Å².